The van der Waals surface area contributed by atoms with Crippen molar-refractivity contribution in [2.45, 2.75) is 32.7 Å². The van der Waals surface area contributed by atoms with Crippen LogP contribution in [-0.2, 0) is 6.54 Å². The van der Waals surface area contributed by atoms with E-state index in [1.165, 1.54) is 12.8 Å². The largest absolute Gasteiger partial charge is 0.493 e. The van der Waals surface area contributed by atoms with E-state index < -0.39 is 0 Å². The van der Waals surface area contributed by atoms with Crippen LogP contribution in [0.15, 0.2) is 23.2 Å². The second-order valence-corrected chi connectivity index (χ2v) is 5.58. The van der Waals surface area contributed by atoms with Crippen molar-refractivity contribution in [1.82, 2.24) is 10.6 Å². The van der Waals surface area contributed by atoms with Crippen molar-refractivity contribution in [2.24, 2.45) is 10.9 Å². The molecule has 1 aliphatic carbocycles. The Balaban J connectivity index is 0.00000264. The molecular formula is C17H28IN3O2. The predicted octanol–water partition coefficient (Wildman–Crippen LogP) is 3.18. The maximum absolute atomic E-state index is 5.67. The molecule has 0 atom stereocenters. The number of nitrogens with one attached hydrogen (secondary N) is 2. The van der Waals surface area contributed by atoms with Crippen LogP contribution in [0.5, 0.6) is 11.5 Å². The van der Waals surface area contributed by atoms with E-state index in [2.05, 4.69) is 28.6 Å². The van der Waals surface area contributed by atoms with Gasteiger partial charge in [-0.15, -0.1) is 24.0 Å². The maximum Gasteiger partial charge on any atom is 0.191 e. The average Bonchev–Trinajstić information content (AvgIpc) is 3.37. The zero-order valence-corrected chi connectivity index (χ0v) is 16.6. The number of nitrogens with zero attached hydrogens (tertiary/aromatic N) is 1. The molecule has 6 heteroatoms. The molecule has 0 radical (unpaired) electrons. The minimum Gasteiger partial charge on any atom is -0.493 e. The molecule has 5 nitrogen and oxygen atoms in total. The molecule has 0 unspecified atom stereocenters. The van der Waals surface area contributed by atoms with Gasteiger partial charge in [0.25, 0.3) is 0 Å². The molecule has 1 aromatic carbocycles. The number of hydrogen-bond acceptors (Lipinski definition) is 3. The number of rotatable bonds is 8. The van der Waals surface area contributed by atoms with Crippen molar-refractivity contribution in [3.8, 4) is 11.5 Å². The number of guanidine groups is 1. The number of ether oxygens (including phenoxy) is 2. The van der Waals surface area contributed by atoms with Crippen LogP contribution in [0.4, 0.5) is 0 Å². The number of hydrogen-bond donors (Lipinski definition) is 2. The highest BCUT2D eigenvalue weighted by molar-refractivity contribution is 14.0. The van der Waals surface area contributed by atoms with Gasteiger partial charge in [0.1, 0.15) is 0 Å². The molecule has 2 N–H and O–H groups in total. The molecule has 0 aromatic heterocycles. The van der Waals surface area contributed by atoms with Crippen molar-refractivity contribution in [3.63, 3.8) is 0 Å². The van der Waals surface area contributed by atoms with E-state index in [0.29, 0.717) is 13.2 Å². The molecule has 0 heterocycles. The van der Waals surface area contributed by atoms with E-state index in [4.69, 9.17) is 9.47 Å². The molecule has 2 rings (SSSR count). The molecular weight excluding hydrogens is 405 g/mol. The number of aliphatic imine (C=N–C) groups is 1. The Bertz CT molecular complexity index is 505. The Morgan fingerprint density at radius 3 is 2.65 bits per heavy atom. The molecule has 0 amide bonds. The highest BCUT2D eigenvalue weighted by atomic mass is 127. The summed E-state index contributed by atoms with van der Waals surface area (Å²) in [6.45, 7) is 4.50. The quantitative estimate of drug-likeness (QED) is 0.376. The fourth-order valence-electron chi connectivity index (χ4n) is 2.12. The van der Waals surface area contributed by atoms with Gasteiger partial charge in [0.05, 0.1) is 13.7 Å². The van der Waals surface area contributed by atoms with E-state index in [1.54, 1.807) is 14.2 Å². The Morgan fingerprint density at radius 1 is 1.26 bits per heavy atom. The minimum atomic E-state index is 0. The SMILES string of the molecule is CCCOc1ccc(CNC(=NC)NCC2CC2)cc1OC.I. The first-order valence-electron chi connectivity index (χ1n) is 8.01. The number of methoxy groups -OCH3 is 1. The molecule has 1 fully saturated rings. The Morgan fingerprint density at radius 2 is 2.04 bits per heavy atom. The van der Waals surface area contributed by atoms with Gasteiger partial charge in [-0.1, -0.05) is 13.0 Å². The summed E-state index contributed by atoms with van der Waals surface area (Å²) in [5.74, 6) is 3.24. The highest BCUT2D eigenvalue weighted by Gasteiger charge is 2.21. The zero-order chi connectivity index (χ0) is 15.8. The van der Waals surface area contributed by atoms with Crippen molar-refractivity contribution in [1.29, 1.82) is 0 Å². The standard InChI is InChI=1S/C17H27N3O2.HI/c1-4-9-22-15-8-7-14(10-16(15)21-3)12-20-17(18-2)19-11-13-5-6-13;/h7-8,10,13H,4-6,9,11-12H2,1-3H3,(H2,18,19,20);1H. The molecule has 0 aliphatic heterocycles. The van der Waals surface area contributed by atoms with Gasteiger partial charge < -0.3 is 20.1 Å². The van der Waals surface area contributed by atoms with Gasteiger partial charge in [-0.05, 0) is 42.9 Å². The average molecular weight is 433 g/mol. The summed E-state index contributed by atoms with van der Waals surface area (Å²) in [5, 5.41) is 6.68. The van der Waals surface area contributed by atoms with Gasteiger partial charge in [-0.2, -0.15) is 0 Å². The van der Waals surface area contributed by atoms with Gasteiger partial charge >= 0.3 is 0 Å². The lowest BCUT2D eigenvalue weighted by molar-refractivity contribution is 0.294. The summed E-state index contributed by atoms with van der Waals surface area (Å²) < 4.78 is 11.1. The van der Waals surface area contributed by atoms with E-state index in [0.717, 1.165) is 41.9 Å². The van der Waals surface area contributed by atoms with Crippen molar-refractivity contribution in [3.05, 3.63) is 23.8 Å². The van der Waals surface area contributed by atoms with Crippen molar-refractivity contribution < 1.29 is 9.47 Å². The fraction of sp³-hybridized carbons (Fsp3) is 0.588. The Hall–Kier alpha value is -1.18. The van der Waals surface area contributed by atoms with Crippen LogP contribution in [0.2, 0.25) is 0 Å². The molecule has 1 aromatic rings. The van der Waals surface area contributed by atoms with Crippen LogP contribution in [0.1, 0.15) is 31.7 Å². The van der Waals surface area contributed by atoms with Crippen LogP contribution < -0.4 is 20.1 Å². The smallest absolute Gasteiger partial charge is 0.191 e. The lowest BCUT2D eigenvalue weighted by Gasteiger charge is -2.14. The zero-order valence-electron chi connectivity index (χ0n) is 14.2. The van der Waals surface area contributed by atoms with Crippen LogP contribution >= 0.6 is 24.0 Å². The van der Waals surface area contributed by atoms with Crippen LogP contribution in [0.3, 0.4) is 0 Å². The van der Waals surface area contributed by atoms with Gasteiger partial charge in [0, 0.05) is 20.1 Å². The summed E-state index contributed by atoms with van der Waals surface area (Å²) in [4.78, 5) is 4.24. The first-order chi connectivity index (χ1) is 10.8. The van der Waals surface area contributed by atoms with Crippen molar-refractivity contribution in [2.75, 3.05) is 27.3 Å². The summed E-state index contributed by atoms with van der Waals surface area (Å²) in [6.07, 6.45) is 3.65. The first-order valence-corrected chi connectivity index (χ1v) is 8.01. The predicted molar refractivity (Wildman–Crippen MR) is 105 cm³/mol. The summed E-state index contributed by atoms with van der Waals surface area (Å²) in [6, 6.07) is 6.02. The van der Waals surface area contributed by atoms with Crippen molar-refractivity contribution >= 4 is 29.9 Å². The monoisotopic (exact) mass is 433 g/mol. The van der Waals surface area contributed by atoms with Crippen LogP contribution in [-0.4, -0.2) is 33.3 Å². The summed E-state index contributed by atoms with van der Waals surface area (Å²) in [5.41, 5.74) is 1.13. The highest BCUT2D eigenvalue weighted by Crippen LogP contribution is 2.28. The molecule has 1 aliphatic rings. The van der Waals surface area contributed by atoms with Crippen LogP contribution in [0, 0.1) is 5.92 Å². The topological polar surface area (TPSA) is 54.9 Å². The third-order valence-corrected chi connectivity index (χ3v) is 3.63. The van der Waals surface area contributed by atoms with E-state index in [9.17, 15) is 0 Å². The minimum absolute atomic E-state index is 0. The number of benzene rings is 1. The Labute approximate surface area is 156 Å². The normalized spacial score (nSPS) is 14.0. The molecule has 23 heavy (non-hydrogen) atoms. The third-order valence-electron chi connectivity index (χ3n) is 3.63. The lowest BCUT2D eigenvalue weighted by atomic mass is 10.2. The van der Waals surface area contributed by atoms with Gasteiger partial charge in [0.15, 0.2) is 17.5 Å². The van der Waals surface area contributed by atoms with Gasteiger partial charge in [0.2, 0.25) is 0 Å². The fourth-order valence-corrected chi connectivity index (χ4v) is 2.12. The molecule has 0 bridgehead atoms. The second-order valence-electron chi connectivity index (χ2n) is 5.58. The first kappa shape index (κ1) is 19.9. The molecule has 0 spiro atoms. The third kappa shape index (κ3) is 6.85. The summed E-state index contributed by atoms with van der Waals surface area (Å²) in [7, 11) is 3.46. The van der Waals surface area contributed by atoms with Crippen LogP contribution in [0.25, 0.3) is 0 Å². The molecule has 130 valence electrons. The lowest BCUT2D eigenvalue weighted by Crippen LogP contribution is -2.37. The van der Waals surface area contributed by atoms with Gasteiger partial charge in [-0.3, -0.25) is 4.99 Å². The molecule has 0 saturated heterocycles. The Kier molecular flexibility index (Phi) is 9.13. The second kappa shape index (κ2) is 10.6. The van der Waals surface area contributed by atoms with E-state index >= 15 is 0 Å². The summed E-state index contributed by atoms with van der Waals surface area (Å²) >= 11 is 0. The van der Waals surface area contributed by atoms with E-state index in [1.807, 2.05) is 12.1 Å². The van der Waals surface area contributed by atoms with E-state index in [-0.39, 0.29) is 24.0 Å². The number of halogens is 1. The maximum atomic E-state index is 5.67. The van der Waals surface area contributed by atoms with Gasteiger partial charge in [-0.25, -0.2) is 0 Å². The molecule has 1 saturated carbocycles.